The van der Waals surface area contributed by atoms with Gasteiger partial charge >= 0.3 is 0 Å². The Hall–Kier alpha value is -8.04. The van der Waals surface area contributed by atoms with Crippen LogP contribution in [0.1, 0.15) is 31.9 Å². The fourth-order valence-corrected chi connectivity index (χ4v) is 20.6. The molecule has 0 amide bonds. The summed E-state index contributed by atoms with van der Waals surface area (Å²) >= 11 is 0. The van der Waals surface area contributed by atoms with Gasteiger partial charge in [-0.15, -0.1) is 0 Å². The van der Waals surface area contributed by atoms with Gasteiger partial charge in [-0.05, 0) is 104 Å². The first kappa shape index (κ1) is 54.5. The van der Waals surface area contributed by atoms with Crippen LogP contribution in [0.2, 0.25) is 0 Å². The Kier molecular flexibility index (Phi) is 16.6. The van der Waals surface area contributed by atoms with Crippen molar-refractivity contribution in [1.82, 2.24) is 0 Å². The maximum Gasteiger partial charge on any atom is 0.139 e. The Bertz CT molecular complexity index is 3990. The summed E-state index contributed by atoms with van der Waals surface area (Å²) in [6, 6.07) is 104. The van der Waals surface area contributed by atoms with Gasteiger partial charge in [0, 0.05) is 37.8 Å². The molecule has 82 heavy (non-hydrogen) atoms. The summed E-state index contributed by atoms with van der Waals surface area (Å²) in [5, 5.41) is 14.9. The molecule has 0 saturated carbocycles. The first-order chi connectivity index (χ1) is 40.4. The molecule has 0 bridgehead atoms. The summed E-state index contributed by atoms with van der Waals surface area (Å²) in [5.41, 5.74) is 4.41. The highest BCUT2D eigenvalue weighted by molar-refractivity contribution is 7.81. The van der Waals surface area contributed by atoms with Crippen LogP contribution in [0.3, 0.4) is 0 Å². The van der Waals surface area contributed by atoms with Gasteiger partial charge in [0.05, 0.1) is 0 Å². The number of hydrogen-bond acceptors (Lipinski definition) is 2. The van der Waals surface area contributed by atoms with Crippen molar-refractivity contribution in [2.24, 2.45) is 0 Å². The molecule has 1 aliphatic rings. The summed E-state index contributed by atoms with van der Waals surface area (Å²) in [4.78, 5) is 0. The zero-order valence-electron chi connectivity index (χ0n) is 46.3. The third-order valence-electron chi connectivity index (χ3n) is 15.1. The van der Waals surface area contributed by atoms with E-state index in [0.29, 0.717) is 0 Å². The fraction of sp³-hybridized carbons (Fsp3) is 0.0526. The zero-order valence-corrected chi connectivity index (χ0v) is 49.8. The minimum atomic E-state index is -1.04. The quantitative estimate of drug-likeness (QED) is 0.0668. The second kappa shape index (κ2) is 25.0. The van der Waals surface area contributed by atoms with E-state index in [1.807, 2.05) is 12.2 Å². The van der Waals surface area contributed by atoms with Gasteiger partial charge in [-0.3, -0.25) is 0 Å². The van der Waals surface area contributed by atoms with Crippen molar-refractivity contribution in [3.63, 3.8) is 0 Å². The summed E-state index contributed by atoms with van der Waals surface area (Å²) in [5.74, 6) is 3.66. The van der Waals surface area contributed by atoms with Gasteiger partial charge in [-0.25, -0.2) is 0 Å². The molecular weight excluding hydrogens is 1070 g/mol. The lowest BCUT2D eigenvalue weighted by Gasteiger charge is -2.38. The monoisotopic (exact) mass is 1130 g/mol. The molecule has 11 aromatic carbocycles. The van der Waals surface area contributed by atoms with Crippen LogP contribution in [0.5, 0.6) is 23.0 Å². The molecular formula is C76H62O2P4. The summed E-state index contributed by atoms with van der Waals surface area (Å²) in [6.45, 7) is 10.9. The van der Waals surface area contributed by atoms with Crippen molar-refractivity contribution in [2.75, 3.05) is 0 Å². The third kappa shape index (κ3) is 11.2. The van der Waals surface area contributed by atoms with Crippen molar-refractivity contribution in [2.45, 2.75) is 26.2 Å². The van der Waals surface area contributed by atoms with Crippen LogP contribution in [-0.2, 0) is 5.41 Å². The van der Waals surface area contributed by atoms with Gasteiger partial charge in [0.1, 0.15) is 23.0 Å². The molecule has 2 nitrogen and oxygen atoms in total. The standard InChI is InChI=1S/C76H62O2P4/c1-5-7-29-58(6-2)79(59-30-13-8-14-31-59)72-46-27-40-66-74(72)78-75-67(76(66,3)4)41-28-47-73(75)82(63-38-21-12-22-39-63)65-54-50-57(51-55-65)56-48-52-64(53-49-56)81(62-36-19-11-20-37-62)71-45-26-24-43-69(71)77-68-42-23-25-44-70(68)80(60-32-15-9-16-33-60)61-34-17-10-18-35-61/h5-55H,1H2,2-4H3. The molecule has 0 aromatic heterocycles. The molecule has 11 aromatic rings. The molecule has 6 heteroatoms. The van der Waals surface area contributed by atoms with E-state index in [1.165, 1.54) is 85.9 Å². The maximum absolute atomic E-state index is 7.53. The lowest BCUT2D eigenvalue weighted by atomic mass is 9.76. The van der Waals surface area contributed by atoms with Gasteiger partial charge in [0.2, 0.25) is 0 Å². The van der Waals surface area contributed by atoms with Crippen molar-refractivity contribution in [3.8, 4) is 34.1 Å². The average Bonchev–Trinajstić information content (AvgIpc) is 3.72. The Labute approximate surface area is 489 Å². The third-order valence-corrected chi connectivity index (χ3v) is 25.1. The van der Waals surface area contributed by atoms with E-state index in [0.717, 1.165) is 23.0 Å². The van der Waals surface area contributed by atoms with Gasteiger partial charge in [-0.2, -0.15) is 0 Å². The van der Waals surface area contributed by atoms with Crippen molar-refractivity contribution < 1.29 is 9.47 Å². The lowest BCUT2D eigenvalue weighted by molar-refractivity contribution is 0.425. The molecule has 0 fully saturated rings. The molecule has 0 saturated heterocycles. The Morgan fingerprint density at radius 3 is 1.13 bits per heavy atom. The summed E-state index contributed by atoms with van der Waals surface area (Å²) in [7, 11) is -3.91. The molecule has 0 aliphatic carbocycles. The predicted octanol–water partition coefficient (Wildman–Crippen LogP) is 15.9. The minimum absolute atomic E-state index is 0.329. The highest BCUT2D eigenvalue weighted by Crippen LogP contribution is 2.54. The molecule has 0 spiro atoms. The van der Waals surface area contributed by atoms with Crippen LogP contribution in [0.15, 0.2) is 321 Å². The van der Waals surface area contributed by atoms with E-state index in [-0.39, 0.29) is 5.41 Å². The Balaban J connectivity index is 0.885. The second-order valence-corrected chi connectivity index (χ2v) is 29.2. The minimum Gasteiger partial charge on any atom is -0.456 e. The Morgan fingerprint density at radius 1 is 0.378 bits per heavy atom. The molecule has 0 radical (unpaired) electrons. The predicted molar refractivity (Wildman–Crippen MR) is 359 cm³/mol. The molecule has 3 unspecified atom stereocenters. The molecule has 3 atom stereocenters. The molecule has 1 aliphatic heterocycles. The van der Waals surface area contributed by atoms with E-state index >= 15 is 0 Å². The van der Waals surface area contributed by atoms with E-state index in [4.69, 9.17) is 9.47 Å². The van der Waals surface area contributed by atoms with Crippen molar-refractivity contribution in [1.29, 1.82) is 0 Å². The normalized spacial score (nSPS) is 13.8. The average molecular weight is 1130 g/mol. The molecule has 0 N–H and O–H groups in total. The van der Waals surface area contributed by atoms with E-state index in [2.05, 4.69) is 325 Å². The topological polar surface area (TPSA) is 18.5 Å². The van der Waals surface area contributed by atoms with E-state index in [1.54, 1.807) is 0 Å². The van der Waals surface area contributed by atoms with Crippen molar-refractivity contribution >= 4 is 90.0 Å². The molecule has 12 rings (SSSR count). The maximum atomic E-state index is 7.53. The van der Waals surface area contributed by atoms with Crippen LogP contribution in [0.4, 0.5) is 0 Å². The summed E-state index contributed by atoms with van der Waals surface area (Å²) in [6.07, 6.45) is 8.35. The van der Waals surface area contributed by atoms with Crippen LogP contribution in [0, 0.1) is 0 Å². The highest BCUT2D eigenvalue weighted by Gasteiger charge is 2.39. The van der Waals surface area contributed by atoms with Crippen LogP contribution < -0.4 is 67.8 Å². The molecule has 398 valence electrons. The smallest absolute Gasteiger partial charge is 0.139 e. The fourth-order valence-electron chi connectivity index (χ4n) is 11.1. The van der Waals surface area contributed by atoms with Gasteiger partial charge in [-0.1, -0.05) is 318 Å². The van der Waals surface area contributed by atoms with Crippen molar-refractivity contribution in [3.05, 3.63) is 332 Å². The number of allylic oxidation sites excluding steroid dienone is 5. The number of benzene rings is 11. The lowest BCUT2D eigenvalue weighted by Crippen LogP contribution is -2.32. The number of rotatable bonds is 17. The second-order valence-electron chi connectivity index (χ2n) is 20.5. The SMILES string of the molecule is C=CC=CC(=CC)P(c1ccccc1)c1cccc2c1Oc1c(P(c3ccccc3)c3ccc(-c4ccc(P(c5ccccc5)c5ccccc5Oc5ccccc5P(c5ccccc5)c5ccccc5)cc4)cc3)cccc1C2(C)C. The zero-order chi connectivity index (χ0) is 55.8. The number of para-hydroxylation sites is 4. The van der Waals surface area contributed by atoms with Gasteiger partial charge < -0.3 is 9.47 Å². The van der Waals surface area contributed by atoms with Gasteiger partial charge in [0.15, 0.2) is 0 Å². The summed E-state index contributed by atoms with van der Waals surface area (Å²) < 4.78 is 14.7. The van der Waals surface area contributed by atoms with Crippen LogP contribution >= 0.6 is 31.7 Å². The Morgan fingerprint density at radius 2 is 0.720 bits per heavy atom. The van der Waals surface area contributed by atoms with E-state index in [9.17, 15) is 0 Å². The largest absolute Gasteiger partial charge is 0.456 e. The highest BCUT2D eigenvalue weighted by atomic mass is 31.1. The van der Waals surface area contributed by atoms with Crippen LogP contribution in [-0.4, -0.2) is 0 Å². The van der Waals surface area contributed by atoms with Gasteiger partial charge in [0.25, 0.3) is 0 Å². The van der Waals surface area contributed by atoms with E-state index < -0.39 is 31.7 Å². The number of fused-ring (bicyclic) bond motifs is 2. The first-order valence-electron chi connectivity index (χ1n) is 27.8. The first-order valence-corrected chi connectivity index (χ1v) is 33.2. The molecule has 1 heterocycles. The number of hydrogen-bond donors (Lipinski definition) is 0. The number of ether oxygens (including phenoxy) is 2. The van der Waals surface area contributed by atoms with Crippen LogP contribution in [0.25, 0.3) is 11.1 Å².